The van der Waals surface area contributed by atoms with Gasteiger partial charge in [0, 0.05) is 19.2 Å². The van der Waals surface area contributed by atoms with E-state index in [1.54, 1.807) is 32.4 Å². The van der Waals surface area contributed by atoms with E-state index in [1.165, 1.54) is 57.4 Å². The minimum Gasteiger partial charge on any atom is -0.497 e. The highest BCUT2D eigenvalue weighted by Gasteiger charge is 2.24. The zero-order valence-corrected chi connectivity index (χ0v) is 21.8. The van der Waals surface area contributed by atoms with E-state index in [9.17, 15) is 13.2 Å². The first-order valence-corrected chi connectivity index (χ1v) is 13.5. The molecule has 0 unspecified atom stereocenters. The summed E-state index contributed by atoms with van der Waals surface area (Å²) in [6, 6.07) is 14.7. The number of anilines is 1. The maximum atomic E-state index is 13.5. The van der Waals surface area contributed by atoms with Crippen molar-refractivity contribution in [2.24, 2.45) is 5.10 Å². The second kappa shape index (κ2) is 11.0. The molecule has 2 aromatic carbocycles. The number of carbonyl (C=O) groups is 1. The number of rotatable bonds is 10. The van der Waals surface area contributed by atoms with Crippen LogP contribution >= 0.6 is 11.3 Å². The van der Waals surface area contributed by atoms with Crippen LogP contribution in [0.3, 0.4) is 0 Å². The van der Waals surface area contributed by atoms with Gasteiger partial charge in [-0.25, -0.2) is 17.7 Å². The van der Waals surface area contributed by atoms with Crippen LogP contribution in [0.1, 0.15) is 35.9 Å². The SMILES string of the molecule is CCCCN(C)S(=O)(=O)c1ccc(C(=O)N(/N=C/c2ccco2)c2nc3ccc(OC)cc3s2)cc1. The number of hydrogen-bond acceptors (Lipinski definition) is 8. The summed E-state index contributed by atoms with van der Waals surface area (Å²) in [4.78, 5) is 18.2. The Morgan fingerprint density at radius 3 is 2.64 bits per heavy atom. The summed E-state index contributed by atoms with van der Waals surface area (Å²) in [7, 11) is -0.511. The molecule has 0 N–H and O–H groups in total. The molecule has 0 bridgehead atoms. The van der Waals surface area contributed by atoms with E-state index in [-0.39, 0.29) is 10.5 Å². The average molecular weight is 527 g/mol. The second-order valence-electron chi connectivity index (χ2n) is 7.91. The van der Waals surface area contributed by atoms with Crippen LogP contribution in [0.5, 0.6) is 5.75 Å². The van der Waals surface area contributed by atoms with Crippen molar-refractivity contribution in [3.63, 3.8) is 0 Å². The van der Waals surface area contributed by atoms with Gasteiger partial charge in [-0.15, -0.1) is 0 Å². The van der Waals surface area contributed by atoms with Crippen LogP contribution in [-0.2, 0) is 10.0 Å². The summed E-state index contributed by atoms with van der Waals surface area (Å²) in [6.45, 7) is 2.43. The van der Waals surface area contributed by atoms with Crippen LogP contribution in [0.4, 0.5) is 5.13 Å². The van der Waals surface area contributed by atoms with Crippen molar-refractivity contribution in [1.82, 2.24) is 9.29 Å². The van der Waals surface area contributed by atoms with Gasteiger partial charge in [-0.3, -0.25) is 4.79 Å². The number of carbonyl (C=O) groups excluding carboxylic acids is 1. The third-order valence-corrected chi connectivity index (χ3v) is 8.30. The predicted molar refractivity (Wildman–Crippen MR) is 140 cm³/mol. The van der Waals surface area contributed by atoms with E-state index in [0.29, 0.717) is 28.7 Å². The summed E-state index contributed by atoms with van der Waals surface area (Å²) in [6.07, 6.45) is 4.59. The summed E-state index contributed by atoms with van der Waals surface area (Å²) >= 11 is 1.28. The van der Waals surface area contributed by atoms with Gasteiger partial charge in [0.05, 0.1) is 34.7 Å². The molecule has 2 aromatic heterocycles. The highest BCUT2D eigenvalue weighted by atomic mass is 32.2. The molecule has 188 valence electrons. The third kappa shape index (κ3) is 5.48. The number of fused-ring (bicyclic) bond motifs is 1. The second-order valence-corrected chi connectivity index (χ2v) is 11.0. The van der Waals surface area contributed by atoms with Crippen LogP contribution in [0.2, 0.25) is 0 Å². The molecule has 2 heterocycles. The minimum absolute atomic E-state index is 0.121. The number of hydrazone groups is 1. The first-order valence-electron chi connectivity index (χ1n) is 11.3. The molecular weight excluding hydrogens is 500 g/mol. The maximum Gasteiger partial charge on any atom is 0.280 e. The zero-order valence-electron chi connectivity index (χ0n) is 20.1. The molecule has 0 saturated carbocycles. The van der Waals surface area contributed by atoms with Gasteiger partial charge in [0.25, 0.3) is 5.91 Å². The molecule has 0 saturated heterocycles. The number of furan rings is 1. The van der Waals surface area contributed by atoms with Crippen molar-refractivity contribution in [2.45, 2.75) is 24.7 Å². The number of thiazole rings is 1. The van der Waals surface area contributed by atoms with Gasteiger partial charge in [-0.05, 0) is 61.0 Å². The van der Waals surface area contributed by atoms with Gasteiger partial charge >= 0.3 is 0 Å². The van der Waals surface area contributed by atoms with E-state index in [4.69, 9.17) is 9.15 Å². The molecule has 0 fully saturated rings. The Labute approximate surface area is 213 Å². The summed E-state index contributed by atoms with van der Waals surface area (Å²) in [5, 5.41) is 5.87. The number of ether oxygens (including phenoxy) is 1. The Bertz CT molecular complexity index is 1460. The highest BCUT2D eigenvalue weighted by Crippen LogP contribution is 2.32. The van der Waals surface area contributed by atoms with Crippen molar-refractivity contribution in [1.29, 1.82) is 0 Å². The molecule has 0 aliphatic heterocycles. The Hall–Kier alpha value is -3.54. The highest BCUT2D eigenvalue weighted by molar-refractivity contribution is 7.89. The summed E-state index contributed by atoms with van der Waals surface area (Å²) < 4.78 is 38.4. The fourth-order valence-corrected chi connectivity index (χ4v) is 5.51. The Balaban J connectivity index is 1.66. The van der Waals surface area contributed by atoms with Crippen LogP contribution in [0.25, 0.3) is 10.2 Å². The molecule has 0 radical (unpaired) electrons. The fraction of sp³-hybridized carbons (Fsp3) is 0.240. The number of nitrogens with zero attached hydrogens (tertiary/aromatic N) is 4. The minimum atomic E-state index is -3.65. The van der Waals surface area contributed by atoms with E-state index in [2.05, 4.69) is 10.1 Å². The first kappa shape index (κ1) is 25.5. The lowest BCUT2D eigenvalue weighted by Gasteiger charge is -2.17. The number of sulfonamides is 1. The molecule has 0 aliphatic rings. The van der Waals surface area contributed by atoms with Crippen LogP contribution < -0.4 is 9.75 Å². The fourth-order valence-electron chi connectivity index (χ4n) is 3.35. The van der Waals surface area contributed by atoms with Crippen LogP contribution in [-0.4, -0.2) is 50.5 Å². The van der Waals surface area contributed by atoms with Gasteiger partial charge in [0.15, 0.2) is 0 Å². The van der Waals surface area contributed by atoms with E-state index in [0.717, 1.165) is 17.5 Å². The van der Waals surface area contributed by atoms with Gasteiger partial charge in [-0.2, -0.15) is 10.1 Å². The number of aromatic nitrogens is 1. The number of methoxy groups -OCH3 is 1. The maximum absolute atomic E-state index is 13.5. The van der Waals surface area contributed by atoms with Crippen molar-refractivity contribution in [2.75, 3.05) is 25.7 Å². The van der Waals surface area contributed by atoms with Crippen molar-refractivity contribution < 1.29 is 22.4 Å². The van der Waals surface area contributed by atoms with E-state index < -0.39 is 15.9 Å². The molecule has 1 amide bonds. The number of unbranched alkanes of at least 4 members (excludes halogenated alkanes) is 1. The van der Waals surface area contributed by atoms with Crippen LogP contribution in [0.15, 0.2) is 75.3 Å². The molecule has 0 aliphatic carbocycles. The molecule has 0 spiro atoms. The van der Waals surface area contributed by atoms with Crippen molar-refractivity contribution in [3.8, 4) is 5.75 Å². The largest absolute Gasteiger partial charge is 0.497 e. The van der Waals surface area contributed by atoms with Gasteiger partial charge in [0.1, 0.15) is 11.5 Å². The zero-order chi connectivity index (χ0) is 25.7. The quantitative estimate of drug-likeness (QED) is 0.213. The lowest BCUT2D eigenvalue weighted by Crippen LogP contribution is -2.28. The van der Waals surface area contributed by atoms with Gasteiger partial charge < -0.3 is 9.15 Å². The Morgan fingerprint density at radius 2 is 1.97 bits per heavy atom. The molecular formula is C25H26N4O5S2. The standard InChI is InChI=1S/C25H26N4O5S2/c1-4-5-14-28(2)36(31,32)21-11-8-18(9-12-21)24(30)29(26-17-20-7-6-15-34-20)25-27-22-13-10-19(33-3)16-23(22)35-25/h6-13,15-17H,4-5,14H2,1-3H3/b26-17+. The average Bonchev–Trinajstić information content (AvgIpc) is 3.56. The summed E-state index contributed by atoms with van der Waals surface area (Å²) in [5.41, 5.74) is 0.956. The number of hydrogen-bond donors (Lipinski definition) is 0. The Kier molecular flexibility index (Phi) is 7.82. The number of benzene rings is 2. The lowest BCUT2D eigenvalue weighted by atomic mass is 10.2. The topological polar surface area (TPSA) is 105 Å². The normalized spacial score (nSPS) is 12.0. The third-order valence-electron chi connectivity index (χ3n) is 5.44. The molecule has 9 nitrogen and oxygen atoms in total. The van der Waals surface area contributed by atoms with E-state index >= 15 is 0 Å². The molecule has 11 heteroatoms. The molecule has 36 heavy (non-hydrogen) atoms. The van der Waals surface area contributed by atoms with Crippen molar-refractivity contribution in [3.05, 3.63) is 72.2 Å². The number of amides is 1. The van der Waals surface area contributed by atoms with Gasteiger partial charge in [0.2, 0.25) is 15.2 Å². The molecule has 0 atom stereocenters. The first-order chi connectivity index (χ1) is 17.3. The predicted octanol–water partition coefficient (Wildman–Crippen LogP) is 5.00. The summed E-state index contributed by atoms with van der Waals surface area (Å²) in [5.74, 6) is 0.676. The molecule has 4 rings (SSSR count). The molecule has 4 aromatic rings. The Morgan fingerprint density at radius 1 is 1.19 bits per heavy atom. The monoisotopic (exact) mass is 526 g/mol. The van der Waals surface area contributed by atoms with Crippen molar-refractivity contribution >= 4 is 48.8 Å². The van der Waals surface area contributed by atoms with Crippen LogP contribution in [0, 0.1) is 0 Å². The van der Waals surface area contributed by atoms with E-state index in [1.807, 2.05) is 19.1 Å². The smallest absolute Gasteiger partial charge is 0.280 e. The lowest BCUT2D eigenvalue weighted by molar-refractivity contribution is 0.0987. The van der Waals surface area contributed by atoms with Gasteiger partial charge in [-0.1, -0.05) is 24.7 Å².